The lowest BCUT2D eigenvalue weighted by atomic mass is 10.1. The number of piperazine rings is 1. The Morgan fingerprint density at radius 1 is 0.875 bits per heavy atom. The van der Waals surface area contributed by atoms with Gasteiger partial charge in [0.2, 0.25) is 0 Å². The van der Waals surface area contributed by atoms with Gasteiger partial charge in [-0.1, -0.05) is 37.5 Å². The van der Waals surface area contributed by atoms with Gasteiger partial charge in [-0.2, -0.15) is 0 Å². The van der Waals surface area contributed by atoms with Gasteiger partial charge in [-0.05, 0) is 69.7 Å². The monoisotopic (exact) mass is 443 g/mol. The van der Waals surface area contributed by atoms with Gasteiger partial charge in [0.25, 0.3) is 0 Å². The quantitative estimate of drug-likeness (QED) is 0.229. The summed E-state index contributed by atoms with van der Waals surface area (Å²) in [5.74, 6) is 2.03. The van der Waals surface area contributed by atoms with E-state index in [0.29, 0.717) is 0 Å². The molecular formula is C26H45N5O. The summed E-state index contributed by atoms with van der Waals surface area (Å²) in [7, 11) is 0. The second-order valence-corrected chi connectivity index (χ2v) is 9.59. The Kier molecular flexibility index (Phi) is 11.2. The van der Waals surface area contributed by atoms with Crippen LogP contribution in [0.25, 0.3) is 0 Å². The molecule has 1 heterocycles. The molecule has 0 amide bonds. The number of hydrogen-bond donors (Lipinski definition) is 2. The number of guanidine groups is 1. The average Bonchev–Trinajstić information content (AvgIpc) is 3.63. The fraction of sp³-hybridized carbons (Fsp3) is 0.731. The van der Waals surface area contributed by atoms with E-state index in [9.17, 15) is 0 Å². The van der Waals surface area contributed by atoms with Crippen molar-refractivity contribution in [3.8, 4) is 5.75 Å². The number of nitrogens with two attached hydrogens (primary N) is 1. The van der Waals surface area contributed by atoms with Crippen molar-refractivity contribution in [1.82, 2.24) is 14.7 Å². The maximum absolute atomic E-state index is 7.75. The molecular weight excluding hydrogens is 398 g/mol. The molecule has 3 N–H and O–H groups in total. The smallest absolute Gasteiger partial charge is 0.188 e. The number of benzene rings is 1. The summed E-state index contributed by atoms with van der Waals surface area (Å²) in [6.45, 7) is 10.1. The molecule has 1 aliphatic carbocycles. The third kappa shape index (κ3) is 10.2. The molecule has 2 fully saturated rings. The normalized spacial score (nSPS) is 17.4. The molecule has 0 spiro atoms. The van der Waals surface area contributed by atoms with E-state index >= 15 is 0 Å². The minimum absolute atomic E-state index is 0.256. The number of para-hydroxylation sites is 1. The third-order valence-corrected chi connectivity index (χ3v) is 6.76. The van der Waals surface area contributed by atoms with Crippen LogP contribution >= 0.6 is 0 Å². The van der Waals surface area contributed by atoms with Crippen LogP contribution in [0.1, 0.15) is 57.8 Å². The highest BCUT2D eigenvalue weighted by atomic mass is 16.5. The summed E-state index contributed by atoms with van der Waals surface area (Å²) in [5.41, 5.74) is 5.74. The fourth-order valence-electron chi connectivity index (χ4n) is 4.47. The van der Waals surface area contributed by atoms with E-state index in [0.717, 1.165) is 44.2 Å². The summed E-state index contributed by atoms with van der Waals surface area (Å²) >= 11 is 0. The predicted octanol–water partition coefficient (Wildman–Crippen LogP) is 4.02. The Balaban J connectivity index is 1.11. The van der Waals surface area contributed by atoms with Gasteiger partial charge in [-0.25, -0.2) is 0 Å². The number of unbranched alkanes of at least 4 members (excludes halogenated alkanes) is 5. The molecule has 1 saturated heterocycles. The molecule has 1 aromatic carbocycles. The van der Waals surface area contributed by atoms with Crippen LogP contribution in [0.4, 0.5) is 0 Å². The van der Waals surface area contributed by atoms with Gasteiger partial charge in [0.15, 0.2) is 5.96 Å². The summed E-state index contributed by atoms with van der Waals surface area (Å²) in [6, 6.07) is 10.1. The average molecular weight is 444 g/mol. The number of nitrogens with one attached hydrogen (secondary N) is 1. The first-order valence-corrected chi connectivity index (χ1v) is 12.9. The summed E-state index contributed by atoms with van der Waals surface area (Å²) in [6.07, 6.45) is 11.4. The molecule has 6 heteroatoms. The van der Waals surface area contributed by atoms with Crippen LogP contribution in [0.15, 0.2) is 30.3 Å². The molecule has 1 aromatic rings. The lowest BCUT2D eigenvalue weighted by Gasteiger charge is -2.34. The van der Waals surface area contributed by atoms with Gasteiger partial charge in [-0.3, -0.25) is 5.41 Å². The van der Waals surface area contributed by atoms with Crippen molar-refractivity contribution in [2.75, 3.05) is 59.0 Å². The van der Waals surface area contributed by atoms with Crippen LogP contribution < -0.4 is 10.5 Å². The Morgan fingerprint density at radius 3 is 2.09 bits per heavy atom. The summed E-state index contributed by atoms with van der Waals surface area (Å²) in [5, 5.41) is 7.75. The minimum atomic E-state index is 0.256. The van der Waals surface area contributed by atoms with E-state index in [1.54, 1.807) is 0 Å². The standard InChI is InChI=1S/C26H45N5O/c27-26(28)31(23-24-13-14-24)17-9-8-16-30-20-18-29(19-21-30)15-7-2-1-3-10-22-32-25-11-5-4-6-12-25/h4-6,11-12,24H,1-3,7-10,13-23H2,(H3,27,28). The van der Waals surface area contributed by atoms with Gasteiger partial charge >= 0.3 is 0 Å². The number of ether oxygens (including phenoxy) is 1. The number of nitrogens with zero attached hydrogens (tertiary/aromatic N) is 3. The number of hydrogen-bond acceptors (Lipinski definition) is 4. The van der Waals surface area contributed by atoms with Crippen LogP contribution in [-0.4, -0.2) is 79.6 Å². The molecule has 0 radical (unpaired) electrons. The van der Waals surface area contributed by atoms with E-state index in [2.05, 4.69) is 14.7 Å². The van der Waals surface area contributed by atoms with Gasteiger partial charge < -0.3 is 25.2 Å². The first-order chi connectivity index (χ1) is 15.7. The van der Waals surface area contributed by atoms with Crippen molar-refractivity contribution in [3.63, 3.8) is 0 Å². The van der Waals surface area contributed by atoms with Crippen LogP contribution in [0.3, 0.4) is 0 Å². The molecule has 180 valence electrons. The van der Waals surface area contributed by atoms with Crippen LogP contribution in [-0.2, 0) is 0 Å². The molecule has 1 aliphatic heterocycles. The van der Waals surface area contributed by atoms with Crippen molar-refractivity contribution in [2.45, 2.75) is 57.8 Å². The van der Waals surface area contributed by atoms with E-state index in [1.807, 2.05) is 30.3 Å². The first kappa shape index (κ1) is 24.8. The highest BCUT2D eigenvalue weighted by Gasteiger charge is 2.24. The highest BCUT2D eigenvalue weighted by molar-refractivity contribution is 5.74. The van der Waals surface area contributed by atoms with Crippen molar-refractivity contribution in [3.05, 3.63) is 30.3 Å². The summed E-state index contributed by atoms with van der Waals surface area (Å²) < 4.78 is 5.76. The molecule has 32 heavy (non-hydrogen) atoms. The molecule has 6 nitrogen and oxygen atoms in total. The zero-order valence-electron chi connectivity index (χ0n) is 20.0. The first-order valence-electron chi connectivity index (χ1n) is 12.9. The molecule has 1 saturated carbocycles. The topological polar surface area (TPSA) is 68.8 Å². The lowest BCUT2D eigenvalue weighted by molar-refractivity contribution is 0.128. The Hall–Kier alpha value is -1.79. The van der Waals surface area contributed by atoms with Crippen molar-refractivity contribution in [2.24, 2.45) is 11.7 Å². The summed E-state index contributed by atoms with van der Waals surface area (Å²) in [4.78, 5) is 7.33. The van der Waals surface area contributed by atoms with E-state index < -0.39 is 0 Å². The zero-order chi connectivity index (χ0) is 22.4. The van der Waals surface area contributed by atoms with Crippen molar-refractivity contribution < 1.29 is 4.74 Å². The largest absolute Gasteiger partial charge is 0.494 e. The maximum atomic E-state index is 7.75. The molecule has 0 aromatic heterocycles. The minimum Gasteiger partial charge on any atom is -0.494 e. The van der Waals surface area contributed by atoms with E-state index in [-0.39, 0.29) is 5.96 Å². The zero-order valence-corrected chi connectivity index (χ0v) is 20.0. The van der Waals surface area contributed by atoms with Crippen LogP contribution in [0.2, 0.25) is 0 Å². The second kappa shape index (κ2) is 14.4. The SMILES string of the molecule is N=C(N)N(CCCCN1CCN(CCCCCCCOc2ccccc2)CC1)CC1CC1. The van der Waals surface area contributed by atoms with Gasteiger partial charge in [0.05, 0.1) is 6.61 Å². The van der Waals surface area contributed by atoms with Gasteiger partial charge in [0, 0.05) is 39.3 Å². The lowest BCUT2D eigenvalue weighted by Crippen LogP contribution is -2.46. The molecule has 0 unspecified atom stereocenters. The molecule has 0 atom stereocenters. The molecule has 3 rings (SSSR count). The Labute approximate surface area is 195 Å². The van der Waals surface area contributed by atoms with Crippen LogP contribution in [0, 0.1) is 11.3 Å². The third-order valence-electron chi connectivity index (χ3n) is 6.76. The van der Waals surface area contributed by atoms with Crippen molar-refractivity contribution >= 4 is 5.96 Å². The molecule has 0 bridgehead atoms. The Bertz CT molecular complexity index is 628. The predicted molar refractivity (Wildman–Crippen MR) is 133 cm³/mol. The fourth-order valence-corrected chi connectivity index (χ4v) is 4.47. The Morgan fingerprint density at radius 2 is 1.47 bits per heavy atom. The van der Waals surface area contributed by atoms with Gasteiger partial charge in [-0.15, -0.1) is 0 Å². The van der Waals surface area contributed by atoms with Crippen LogP contribution in [0.5, 0.6) is 5.75 Å². The van der Waals surface area contributed by atoms with E-state index in [4.69, 9.17) is 15.9 Å². The maximum Gasteiger partial charge on any atom is 0.188 e. The highest BCUT2D eigenvalue weighted by Crippen LogP contribution is 2.29. The second-order valence-electron chi connectivity index (χ2n) is 9.59. The number of rotatable bonds is 16. The van der Waals surface area contributed by atoms with Gasteiger partial charge in [0.1, 0.15) is 5.75 Å². The molecule has 2 aliphatic rings. The van der Waals surface area contributed by atoms with Crippen molar-refractivity contribution in [1.29, 1.82) is 5.41 Å². The van der Waals surface area contributed by atoms with E-state index in [1.165, 1.54) is 84.2 Å².